The minimum Gasteiger partial charge on any atom is -0.357 e. The molecule has 196 valence electrons. The molecule has 0 fully saturated rings. The number of sulfonamides is 1. The number of para-hydroxylation sites is 1. The van der Waals surface area contributed by atoms with Gasteiger partial charge in [0, 0.05) is 18.6 Å². The second-order valence-electron chi connectivity index (χ2n) is 8.74. The Morgan fingerprint density at radius 1 is 0.919 bits per heavy atom. The smallest absolute Gasteiger partial charge is 0.264 e. The average Bonchev–Trinajstić information content (AvgIpc) is 2.88. The zero-order chi connectivity index (χ0) is 27.2. The molecular formula is C28H32ClN3O4S. The summed E-state index contributed by atoms with van der Waals surface area (Å²) in [7, 11) is -2.61. The Labute approximate surface area is 224 Å². The van der Waals surface area contributed by atoms with E-state index in [1.165, 1.54) is 36.2 Å². The van der Waals surface area contributed by atoms with Gasteiger partial charge >= 0.3 is 0 Å². The van der Waals surface area contributed by atoms with E-state index in [0.717, 1.165) is 15.4 Å². The topological polar surface area (TPSA) is 86.8 Å². The van der Waals surface area contributed by atoms with Crippen LogP contribution >= 0.6 is 11.6 Å². The third kappa shape index (κ3) is 6.50. The summed E-state index contributed by atoms with van der Waals surface area (Å²) in [5.74, 6) is -0.799. The van der Waals surface area contributed by atoms with Crippen molar-refractivity contribution >= 4 is 39.1 Å². The summed E-state index contributed by atoms with van der Waals surface area (Å²) in [6, 6.07) is 19.6. The number of likely N-dealkylation sites (N-methyl/N-ethyl adjacent to an activating group) is 1. The molecular weight excluding hydrogens is 510 g/mol. The Bertz CT molecular complexity index is 1360. The molecule has 0 bridgehead atoms. The molecule has 0 aliphatic heterocycles. The van der Waals surface area contributed by atoms with Gasteiger partial charge in [-0.2, -0.15) is 0 Å². The van der Waals surface area contributed by atoms with Crippen LogP contribution in [0.1, 0.15) is 30.0 Å². The number of hydrogen-bond donors (Lipinski definition) is 1. The molecule has 2 amide bonds. The van der Waals surface area contributed by atoms with Gasteiger partial charge in [-0.1, -0.05) is 61.0 Å². The monoisotopic (exact) mass is 541 g/mol. The van der Waals surface area contributed by atoms with Gasteiger partial charge < -0.3 is 10.2 Å². The van der Waals surface area contributed by atoms with Crippen LogP contribution in [0.15, 0.2) is 77.7 Å². The predicted octanol–water partition coefficient (Wildman–Crippen LogP) is 4.71. The van der Waals surface area contributed by atoms with Gasteiger partial charge in [-0.15, -0.1) is 0 Å². The van der Waals surface area contributed by atoms with Crippen molar-refractivity contribution < 1.29 is 18.0 Å². The fourth-order valence-corrected chi connectivity index (χ4v) is 5.75. The van der Waals surface area contributed by atoms with Gasteiger partial charge in [-0.3, -0.25) is 13.9 Å². The minimum atomic E-state index is -4.13. The lowest BCUT2D eigenvalue weighted by atomic mass is 10.1. The molecule has 7 nitrogen and oxygen atoms in total. The number of aryl methyl sites for hydroxylation is 2. The summed E-state index contributed by atoms with van der Waals surface area (Å²) in [5, 5.41) is 3.03. The highest BCUT2D eigenvalue weighted by molar-refractivity contribution is 7.92. The average molecular weight is 542 g/mol. The van der Waals surface area contributed by atoms with Gasteiger partial charge in [0.1, 0.15) is 12.6 Å². The number of rotatable bonds is 10. The van der Waals surface area contributed by atoms with E-state index < -0.39 is 28.5 Å². The second kappa shape index (κ2) is 12.3. The molecule has 0 heterocycles. The van der Waals surface area contributed by atoms with Crippen LogP contribution < -0.4 is 9.62 Å². The summed E-state index contributed by atoms with van der Waals surface area (Å²) in [6.45, 7) is 5.23. The van der Waals surface area contributed by atoms with Gasteiger partial charge in [0.15, 0.2) is 0 Å². The molecule has 1 N–H and O–H groups in total. The fraction of sp³-hybridized carbons (Fsp3) is 0.286. The van der Waals surface area contributed by atoms with Crippen molar-refractivity contribution in [3.05, 3.63) is 94.5 Å². The predicted molar refractivity (Wildman–Crippen MR) is 147 cm³/mol. The van der Waals surface area contributed by atoms with Crippen molar-refractivity contribution in [1.82, 2.24) is 10.2 Å². The lowest BCUT2D eigenvalue weighted by Gasteiger charge is -2.33. The van der Waals surface area contributed by atoms with E-state index in [2.05, 4.69) is 5.32 Å². The number of carbonyl (C=O) groups excluding carboxylic acids is 2. The van der Waals surface area contributed by atoms with Crippen molar-refractivity contribution in [2.75, 3.05) is 17.9 Å². The number of benzene rings is 3. The molecule has 3 aromatic rings. The first kappa shape index (κ1) is 28.2. The Morgan fingerprint density at radius 2 is 1.51 bits per heavy atom. The lowest BCUT2D eigenvalue weighted by molar-refractivity contribution is -0.140. The van der Waals surface area contributed by atoms with Crippen molar-refractivity contribution in [3.63, 3.8) is 0 Å². The maximum Gasteiger partial charge on any atom is 0.264 e. The van der Waals surface area contributed by atoms with E-state index in [4.69, 9.17) is 11.6 Å². The standard InChI is InChI=1S/C28H32ClN3O4S/c1-5-25(28(34)30-4)31(18-22-12-8-6-10-20(22)2)27(33)19-32(26-13-9-7-11-21(26)3)37(35,36)24-16-14-23(29)15-17-24/h6-17,25H,5,18-19H2,1-4H3,(H,30,34)/t25-/m1/s1. The molecule has 0 aliphatic rings. The Morgan fingerprint density at radius 3 is 2.08 bits per heavy atom. The minimum absolute atomic E-state index is 0.0109. The molecule has 0 aliphatic carbocycles. The summed E-state index contributed by atoms with van der Waals surface area (Å²) >= 11 is 5.99. The molecule has 0 radical (unpaired) electrons. The Balaban J connectivity index is 2.08. The zero-order valence-corrected chi connectivity index (χ0v) is 23.0. The van der Waals surface area contributed by atoms with Crippen molar-refractivity contribution in [2.45, 2.75) is 44.7 Å². The summed E-state index contributed by atoms with van der Waals surface area (Å²) in [5.41, 5.74) is 2.92. The summed E-state index contributed by atoms with van der Waals surface area (Å²) < 4.78 is 28.8. The Kier molecular flexibility index (Phi) is 9.34. The van der Waals surface area contributed by atoms with Crippen LogP contribution in [0.25, 0.3) is 0 Å². The van der Waals surface area contributed by atoms with Gasteiger partial charge in [0.05, 0.1) is 10.6 Å². The first-order chi connectivity index (χ1) is 17.6. The van der Waals surface area contributed by atoms with E-state index >= 15 is 0 Å². The summed E-state index contributed by atoms with van der Waals surface area (Å²) in [6.07, 6.45) is 0.367. The van der Waals surface area contributed by atoms with Gasteiger partial charge in [-0.25, -0.2) is 8.42 Å². The van der Waals surface area contributed by atoms with Crippen LogP contribution in [0.2, 0.25) is 5.02 Å². The highest BCUT2D eigenvalue weighted by Crippen LogP contribution is 2.28. The zero-order valence-electron chi connectivity index (χ0n) is 21.4. The first-order valence-corrected chi connectivity index (χ1v) is 13.8. The van der Waals surface area contributed by atoms with Crippen molar-refractivity contribution in [1.29, 1.82) is 0 Å². The SMILES string of the molecule is CC[C@H](C(=O)NC)N(Cc1ccccc1C)C(=O)CN(c1ccccc1C)S(=O)(=O)c1ccc(Cl)cc1. The van der Waals surface area contributed by atoms with Gasteiger partial charge in [-0.05, 0) is 67.3 Å². The molecule has 0 spiro atoms. The number of anilines is 1. The highest BCUT2D eigenvalue weighted by atomic mass is 35.5. The van der Waals surface area contributed by atoms with Crippen molar-refractivity contribution in [2.24, 2.45) is 0 Å². The van der Waals surface area contributed by atoms with E-state index in [-0.39, 0.29) is 17.3 Å². The number of halogens is 1. The number of nitrogens with zero attached hydrogens (tertiary/aromatic N) is 2. The molecule has 3 aromatic carbocycles. The fourth-order valence-electron chi connectivity index (χ4n) is 4.15. The second-order valence-corrected chi connectivity index (χ2v) is 11.0. The quantitative estimate of drug-likeness (QED) is 0.403. The van der Waals surface area contributed by atoms with Gasteiger partial charge in [0.25, 0.3) is 10.0 Å². The molecule has 0 saturated carbocycles. The summed E-state index contributed by atoms with van der Waals surface area (Å²) in [4.78, 5) is 28.2. The molecule has 37 heavy (non-hydrogen) atoms. The Hall–Kier alpha value is -3.36. The van der Waals surface area contributed by atoms with Crippen LogP contribution in [-0.2, 0) is 26.2 Å². The van der Waals surface area contributed by atoms with Crippen LogP contribution in [0.4, 0.5) is 5.69 Å². The van der Waals surface area contributed by atoms with Crippen LogP contribution in [-0.4, -0.2) is 44.8 Å². The number of amides is 2. The number of hydrogen-bond acceptors (Lipinski definition) is 4. The molecule has 3 rings (SSSR count). The molecule has 0 unspecified atom stereocenters. The van der Waals surface area contributed by atoms with E-state index in [1.54, 1.807) is 31.2 Å². The van der Waals surface area contributed by atoms with Crippen molar-refractivity contribution in [3.8, 4) is 0 Å². The molecule has 0 saturated heterocycles. The van der Waals surface area contributed by atoms with Crippen LogP contribution in [0.5, 0.6) is 0 Å². The molecule has 0 aromatic heterocycles. The first-order valence-electron chi connectivity index (χ1n) is 12.0. The maximum absolute atomic E-state index is 13.9. The third-order valence-electron chi connectivity index (χ3n) is 6.30. The maximum atomic E-state index is 13.9. The largest absolute Gasteiger partial charge is 0.357 e. The third-order valence-corrected chi connectivity index (χ3v) is 8.32. The number of carbonyl (C=O) groups is 2. The van der Waals surface area contributed by atoms with Gasteiger partial charge in [0.2, 0.25) is 11.8 Å². The van der Waals surface area contributed by atoms with E-state index in [9.17, 15) is 18.0 Å². The van der Waals surface area contributed by atoms with Crippen LogP contribution in [0.3, 0.4) is 0 Å². The molecule has 9 heteroatoms. The van der Waals surface area contributed by atoms with E-state index in [0.29, 0.717) is 22.7 Å². The normalized spacial score (nSPS) is 12.0. The highest BCUT2D eigenvalue weighted by Gasteiger charge is 2.34. The van der Waals surface area contributed by atoms with E-state index in [1.807, 2.05) is 38.1 Å². The molecule has 1 atom stereocenters. The number of nitrogens with one attached hydrogen (secondary N) is 1. The van der Waals surface area contributed by atoms with Crippen LogP contribution in [0, 0.1) is 13.8 Å². The lowest BCUT2D eigenvalue weighted by Crippen LogP contribution is -2.52.